The maximum Gasteiger partial charge on any atom is 0.118 e. The molecule has 0 amide bonds. The van der Waals surface area contributed by atoms with E-state index in [9.17, 15) is 0 Å². The Morgan fingerprint density at radius 2 is 1.07 bits per heavy atom. The molecule has 0 bridgehead atoms. The number of alkyl halides is 2. The van der Waals surface area contributed by atoms with Crippen LogP contribution in [0.5, 0.6) is 0 Å². The lowest BCUT2D eigenvalue weighted by Crippen LogP contribution is -2.41. The fourth-order valence-electron chi connectivity index (χ4n) is 5.59. The summed E-state index contributed by atoms with van der Waals surface area (Å²) >= 11 is 15.3. The highest BCUT2D eigenvalue weighted by Crippen LogP contribution is 2.58. The van der Waals surface area contributed by atoms with Gasteiger partial charge in [0, 0.05) is 0 Å². The third-order valence-corrected chi connectivity index (χ3v) is 10.1. The third kappa shape index (κ3) is 2.77. The molecule has 0 saturated carbocycles. The first kappa shape index (κ1) is 21.0. The van der Waals surface area contributed by atoms with Crippen molar-refractivity contribution in [1.82, 2.24) is 0 Å². The molecule has 2 aliphatic carbocycles. The first-order valence-corrected chi connectivity index (χ1v) is 12.2. The van der Waals surface area contributed by atoms with Crippen LogP contribution in [0.15, 0.2) is 47.5 Å². The first-order chi connectivity index (χ1) is 13.7. The van der Waals surface area contributed by atoms with Gasteiger partial charge >= 0.3 is 0 Å². The minimum atomic E-state index is -0.548. The van der Waals surface area contributed by atoms with Gasteiger partial charge in [0.05, 0.1) is 8.99 Å². The highest BCUT2D eigenvalue weighted by Gasteiger charge is 2.52. The summed E-state index contributed by atoms with van der Waals surface area (Å²) in [5, 5.41) is 0. The summed E-state index contributed by atoms with van der Waals surface area (Å²) in [7, 11) is 0.333. The maximum atomic E-state index is 7.63. The Bertz CT molecular complexity index is 993. The number of aryl methyl sites for hydroxylation is 2. The zero-order valence-electron chi connectivity index (χ0n) is 18.1. The average molecular weight is 440 g/mol. The van der Waals surface area contributed by atoms with Crippen molar-refractivity contribution >= 4 is 43.9 Å². The van der Waals surface area contributed by atoms with E-state index in [2.05, 4.69) is 77.9 Å². The van der Waals surface area contributed by atoms with Crippen LogP contribution >= 0.6 is 23.2 Å². The highest BCUT2D eigenvalue weighted by atomic mass is 35.5. The van der Waals surface area contributed by atoms with Crippen molar-refractivity contribution in [2.45, 2.75) is 63.4 Å². The number of benzene rings is 2. The molecule has 2 radical (unpaired) electrons. The number of rotatable bonds is 4. The Balaban J connectivity index is 1.95. The van der Waals surface area contributed by atoms with Gasteiger partial charge in [0.15, 0.2) is 0 Å². The Morgan fingerprint density at radius 1 is 0.690 bits per heavy atom. The molecular weight excluding hydrogens is 411 g/mol. The van der Waals surface area contributed by atoms with Crippen molar-refractivity contribution in [3.05, 3.63) is 80.9 Å². The molecule has 2 aromatic rings. The van der Waals surface area contributed by atoms with Gasteiger partial charge in [0.1, 0.15) is 9.52 Å². The van der Waals surface area contributed by atoms with Crippen LogP contribution in [0.3, 0.4) is 0 Å². The monoisotopic (exact) mass is 438 g/mol. The number of hydrogen-bond acceptors (Lipinski definition) is 0. The summed E-state index contributed by atoms with van der Waals surface area (Å²) in [6, 6.07) is 13.1. The summed E-state index contributed by atoms with van der Waals surface area (Å²) < 4.78 is -1.10. The van der Waals surface area contributed by atoms with E-state index in [0.717, 1.165) is 12.8 Å². The fourth-order valence-corrected chi connectivity index (χ4v) is 9.64. The number of hydrogen-bond donors (Lipinski definition) is 0. The van der Waals surface area contributed by atoms with Gasteiger partial charge in [-0.15, -0.1) is 23.2 Å². The van der Waals surface area contributed by atoms with Gasteiger partial charge in [0.25, 0.3) is 0 Å². The molecule has 2 atom stereocenters. The van der Waals surface area contributed by atoms with Gasteiger partial charge < -0.3 is 0 Å². The normalized spacial score (nSPS) is 25.7. The van der Waals surface area contributed by atoms with Gasteiger partial charge in [0.2, 0.25) is 0 Å². The first-order valence-electron chi connectivity index (χ1n) is 10.5. The molecule has 2 aromatic carbocycles. The molecule has 2 aliphatic rings. The number of halogens is 2. The zero-order valence-corrected chi connectivity index (χ0v) is 20.6. The molecule has 150 valence electrons. The predicted octanol–water partition coefficient (Wildman–Crippen LogP) is 7.89. The quantitative estimate of drug-likeness (QED) is 0.336. The number of allylic oxidation sites excluding steroid dienone is 4. The average Bonchev–Trinajstić information content (AvgIpc) is 3.02. The van der Waals surface area contributed by atoms with Crippen molar-refractivity contribution < 1.29 is 0 Å². The topological polar surface area (TPSA) is 0 Å². The largest absolute Gasteiger partial charge is 0.118 e. The van der Waals surface area contributed by atoms with E-state index in [1.807, 2.05) is 0 Å². The molecule has 0 nitrogen and oxygen atoms in total. The lowest BCUT2D eigenvalue weighted by Gasteiger charge is -2.36. The molecule has 2 unspecified atom stereocenters. The van der Waals surface area contributed by atoms with Gasteiger partial charge in [-0.25, -0.2) is 0 Å². The minimum Gasteiger partial charge on any atom is -0.114 e. The molecular formula is C26H28Cl2Si. The van der Waals surface area contributed by atoms with E-state index in [1.165, 1.54) is 55.7 Å². The summed E-state index contributed by atoms with van der Waals surface area (Å²) in [5.41, 5.74) is 13.1. The molecule has 0 spiro atoms. The summed E-state index contributed by atoms with van der Waals surface area (Å²) in [4.78, 5) is 0. The molecule has 0 N–H and O–H groups in total. The second kappa shape index (κ2) is 7.15. The van der Waals surface area contributed by atoms with E-state index < -0.39 is 8.99 Å². The van der Waals surface area contributed by atoms with Gasteiger partial charge in [-0.2, -0.15) is 0 Å². The van der Waals surface area contributed by atoms with Crippen molar-refractivity contribution in [2.24, 2.45) is 0 Å². The molecule has 29 heavy (non-hydrogen) atoms. The van der Waals surface area contributed by atoms with Crippen molar-refractivity contribution in [3.63, 3.8) is 0 Å². The SMILES string of the molecule is CCC1=C(C)c2c(C)cccc2C1(Cl)[Si]C1(Cl)C(CC)=C(C)c2c(C)cccc21. The van der Waals surface area contributed by atoms with E-state index in [-0.39, 0.29) is 0 Å². The van der Waals surface area contributed by atoms with Gasteiger partial charge in [-0.1, -0.05) is 50.2 Å². The lowest BCUT2D eigenvalue weighted by atomic mass is 10.0. The lowest BCUT2D eigenvalue weighted by molar-refractivity contribution is 0.859. The summed E-state index contributed by atoms with van der Waals surface area (Å²) in [6.07, 6.45) is 1.88. The second-order valence-electron chi connectivity index (χ2n) is 8.35. The van der Waals surface area contributed by atoms with Crippen LogP contribution in [0, 0.1) is 13.8 Å². The van der Waals surface area contributed by atoms with Crippen LogP contribution in [-0.2, 0) is 8.99 Å². The molecule has 0 aromatic heterocycles. The maximum absolute atomic E-state index is 7.63. The zero-order chi connectivity index (χ0) is 21.1. The smallest absolute Gasteiger partial charge is 0.114 e. The van der Waals surface area contributed by atoms with Crippen LogP contribution < -0.4 is 0 Å². The van der Waals surface area contributed by atoms with E-state index in [1.54, 1.807) is 0 Å². The highest BCUT2D eigenvalue weighted by molar-refractivity contribution is 6.70. The molecule has 3 heteroatoms. The van der Waals surface area contributed by atoms with Crippen LogP contribution in [0.1, 0.15) is 73.9 Å². The standard InChI is InChI=1S/C26H28Cl2Si/c1-7-19-17(5)23-15(3)11-9-13-21(23)25(19,27)29-26(28)20(8-2)18(6)24-16(4)12-10-14-22(24)26/h9-14H,7-8H2,1-6H3. The van der Waals surface area contributed by atoms with E-state index >= 15 is 0 Å². The van der Waals surface area contributed by atoms with Gasteiger partial charge in [-0.3, -0.25) is 0 Å². The molecule has 0 aliphatic heterocycles. The van der Waals surface area contributed by atoms with Crippen LogP contribution in [-0.4, -0.2) is 9.52 Å². The van der Waals surface area contributed by atoms with Crippen molar-refractivity contribution in [2.75, 3.05) is 0 Å². The Kier molecular flexibility index (Phi) is 5.17. The van der Waals surface area contributed by atoms with Crippen LogP contribution in [0.2, 0.25) is 0 Å². The molecule has 0 saturated heterocycles. The van der Waals surface area contributed by atoms with E-state index in [0.29, 0.717) is 9.52 Å². The number of fused-ring (bicyclic) bond motifs is 2. The van der Waals surface area contributed by atoms with Crippen molar-refractivity contribution in [3.8, 4) is 0 Å². The summed E-state index contributed by atoms with van der Waals surface area (Å²) in [5.74, 6) is 0. The molecule has 4 rings (SSSR count). The predicted molar refractivity (Wildman–Crippen MR) is 129 cm³/mol. The molecule has 0 heterocycles. The molecule has 0 fully saturated rings. The van der Waals surface area contributed by atoms with Crippen LogP contribution in [0.25, 0.3) is 11.1 Å². The van der Waals surface area contributed by atoms with Crippen molar-refractivity contribution in [1.29, 1.82) is 0 Å². The third-order valence-electron chi connectivity index (χ3n) is 6.83. The van der Waals surface area contributed by atoms with Crippen LogP contribution in [0.4, 0.5) is 0 Å². The second-order valence-corrected chi connectivity index (χ2v) is 11.9. The Hall–Kier alpha value is -1.28. The Morgan fingerprint density at radius 3 is 1.41 bits per heavy atom. The fraction of sp³-hybridized carbons (Fsp3) is 0.385. The summed E-state index contributed by atoms with van der Waals surface area (Å²) in [6.45, 7) is 13.3. The Labute approximate surface area is 187 Å². The van der Waals surface area contributed by atoms with Gasteiger partial charge in [-0.05, 0) is 96.2 Å². The van der Waals surface area contributed by atoms with E-state index in [4.69, 9.17) is 23.2 Å². The minimum absolute atomic E-state index is 0.333.